The van der Waals surface area contributed by atoms with Gasteiger partial charge in [0.25, 0.3) is 5.91 Å². The van der Waals surface area contributed by atoms with Gasteiger partial charge in [-0.3, -0.25) is 4.79 Å². The fourth-order valence-electron chi connectivity index (χ4n) is 1.80. The number of anilines is 1. The Bertz CT molecular complexity index is 441. The summed E-state index contributed by atoms with van der Waals surface area (Å²) in [6, 6.07) is 5.53. The van der Waals surface area contributed by atoms with Crippen LogP contribution >= 0.6 is 11.8 Å². The summed E-state index contributed by atoms with van der Waals surface area (Å²) in [5.41, 5.74) is 7.99. The summed E-state index contributed by atoms with van der Waals surface area (Å²) in [4.78, 5) is 12.0. The molecule has 3 nitrogen and oxygen atoms in total. The first kappa shape index (κ1) is 12.3. The number of rotatable bonds is 4. The molecule has 4 heteroatoms. The van der Waals surface area contributed by atoms with E-state index in [1.807, 2.05) is 30.8 Å². The molecule has 17 heavy (non-hydrogen) atoms. The molecule has 0 aromatic heterocycles. The van der Waals surface area contributed by atoms with E-state index in [4.69, 9.17) is 5.73 Å². The van der Waals surface area contributed by atoms with Gasteiger partial charge in [-0.05, 0) is 38.2 Å². The number of carbonyl (C=O) groups excluding carboxylic acids is 1. The number of nitrogens with two attached hydrogens (primary N) is 1. The highest BCUT2D eigenvalue weighted by Gasteiger charge is 2.41. The van der Waals surface area contributed by atoms with Gasteiger partial charge in [0, 0.05) is 17.0 Å². The summed E-state index contributed by atoms with van der Waals surface area (Å²) < 4.78 is 0.286. The van der Waals surface area contributed by atoms with Crippen LogP contribution < -0.4 is 11.1 Å². The molecule has 0 bridgehead atoms. The van der Waals surface area contributed by atoms with Crippen molar-refractivity contribution in [2.24, 2.45) is 0 Å². The van der Waals surface area contributed by atoms with E-state index in [0.29, 0.717) is 11.3 Å². The highest BCUT2D eigenvalue weighted by atomic mass is 32.2. The second-order valence-corrected chi connectivity index (χ2v) is 5.93. The lowest BCUT2D eigenvalue weighted by Gasteiger charge is -2.14. The van der Waals surface area contributed by atoms with Gasteiger partial charge in [0.15, 0.2) is 0 Å². The maximum absolute atomic E-state index is 12.0. The summed E-state index contributed by atoms with van der Waals surface area (Å²) in [7, 11) is 0. The predicted molar refractivity (Wildman–Crippen MR) is 73.4 cm³/mol. The zero-order valence-corrected chi connectivity index (χ0v) is 11.1. The fraction of sp³-hybridized carbons (Fsp3) is 0.462. The minimum Gasteiger partial charge on any atom is -0.398 e. The number of amides is 1. The molecule has 1 fully saturated rings. The van der Waals surface area contributed by atoms with Crippen LogP contribution in [0.15, 0.2) is 18.2 Å². The molecule has 1 aliphatic rings. The van der Waals surface area contributed by atoms with Gasteiger partial charge in [0.1, 0.15) is 0 Å². The maximum atomic E-state index is 12.0. The van der Waals surface area contributed by atoms with E-state index in [-0.39, 0.29) is 10.7 Å². The fourth-order valence-corrected chi connectivity index (χ4v) is 2.52. The molecule has 0 spiro atoms. The number of aryl methyl sites for hydroxylation is 1. The second-order valence-electron chi connectivity index (χ2n) is 4.66. The van der Waals surface area contributed by atoms with E-state index in [1.165, 1.54) is 12.8 Å². The Morgan fingerprint density at radius 1 is 1.53 bits per heavy atom. The molecule has 1 amide bonds. The Hall–Kier alpha value is -1.16. The van der Waals surface area contributed by atoms with Gasteiger partial charge in [0.05, 0.1) is 5.56 Å². The number of nitrogens with one attached hydrogen (secondary N) is 1. The lowest BCUT2D eigenvalue weighted by atomic mass is 10.1. The normalized spacial score (nSPS) is 16.6. The number of benzene rings is 1. The first-order valence-electron chi connectivity index (χ1n) is 5.76. The smallest absolute Gasteiger partial charge is 0.253 e. The van der Waals surface area contributed by atoms with Crippen molar-refractivity contribution in [3.8, 4) is 0 Å². The minimum atomic E-state index is -0.0634. The SMILES string of the molecule is CSC1(CNC(=O)c2cc(C)ccc2N)CC1. The van der Waals surface area contributed by atoms with Crippen molar-refractivity contribution >= 4 is 23.4 Å². The maximum Gasteiger partial charge on any atom is 0.253 e. The summed E-state index contributed by atoms with van der Waals surface area (Å²) in [5.74, 6) is -0.0634. The van der Waals surface area contributed by atoms with Crippen molar-refractivity contribution in [2.45, 2.75) is 24.5 Å². The molecule has 1 saturated carbocycles. The van der Waals surface area contributed by atoms with Crippen molar-refractivity contribution in [3.05, 3.63) is 29.3 Å². The van der Waals surface area contributed by atoms with E-state index < -0.39 is 0 Å². The Morgan fingerprint density at radius 2 is 2.24 bits per heavy atom. The van der Waals surface area contributed by atoms with Crippen molar-refractivity contribution in [1.82, 2.24) is 5.32 Å². The average molecular weight is 250 g/mol. The van der Waals surface area contributed by atoms with E-state index in [1.54, 1.807) is 6.07 Å². The molecule has 0 heterocycles. The van der Waals surface area contributed by atoms with Crippen LogP contribution in [0.4, 0.5) is 5.69 Å². The molecule has 0 aliphatic heterocycles. The first-order chi connectivity index (χ1) is 8.06. The predicted octanol–water partition coefficient (Wildman–Crippen LogP) is 2.20. The molecule has 92 valence electrons. The molecule has 0 unspecified atom stereocenters. The van der Waals surface area contributed by atoms with E-state index in [2.05, 4.69) is 11.6 Å². The topological polar surface area (TPSA) is 55.1 Å². The van der Waals surface area contributed by atoms with Crippen LogP contribution in [0.25, 0.3) is 0 Å². The van der Waals surface area contributed by atoms with E-state index in [9.17, 15) is 4.79 Å². The van der Waals surface area contributed by atoms with Gasteiger partial charge in [-0.15, -0.1) is 0 Å². The molecule has 0 saturated heterocycles. The van der Waals surface area contributed by atoms with Crippen LogP contribution in [0.3, 0.4) is 0 Å². The molecule has 3 N–H and O–H groups in total. The van der Waals surface area contributed by atoms with Crippen molar-refractivity contribution < 1.29 is 4.79 Å². The number of nitrogen functional groups attached to an aromatic ring is 1. The summed E-state index contributed by atoms with van der Waals surface area (Å²) in [6.45, 7) is 2.70. The largest absolute Gasteiger partial charge is 0.398 e. The van der Waals surface area contributed by atoms with Crippen LogP contribution in [0.2, 0.25) is 0 Å². The Kier molecular flexibility index (Phi) is 3.33. The highest BCUT2D eigenvalue weighted by molar-refractivity contribution is 8.00. The first-order valence-corrected chi connectivity index (χ1v) is 6.98. The highest BCUT2D eigenvalue weighted by Crippen LogP contribution is 2.46. The third-order valence-corrected chi connectivity index (χ3v) is 4.68. The quantitative estimate of drug-likeness (QED) is 0.806. The molecule has 0 atom stereocenters. The van der Waals surface area contributed by atoms with Gasteiger partial charge in [0.2, 0.25) is 0 Å². The van der Waals surface area contributed by atoms with Gasteiger partial charge in [-0.1, -0.05) is 11.6 Å². The summed E-state index contributed by atoms with van der Waals surface area (Å²) >= 11 is 1.84. The average Bonchev–Trinajstić information content (AvgIpc) is 3.10. The standard InChI is InChI=1S/C13H18N2OS/c1-9-3-4-11(14)10(7-9)12(16)15-8-13(17-2)5-6-13/h3-4,7H,5-6,8,14H2,1-2H3,(H,15,16). The lowest BCUT2D eigenvalue weighted by molar-refractivity contribution is 0.0954. The van der Waals surface area contributed by atoms with Crippen LogP contribution in [0.5, 0.6) is 0 Å². The van der Waals surface area contributed by atoms with E-state index >= 15 is 0 Å². The van der Waals surface area contributed by atoms with Gasteiger partial charge in [-0.25, -0.2) is 0 Å². The van der Waals surface area contributed by atoms with Crippen LogP contribution in [-0.2, 0) is 0 Å². The zero-order valence-electron chi connectivity index (χ0n) is 10.2. The Labute approximate surface area is 106 Å². The van der Waals surface area contributed by atoms with E-state index in [0.717, 1.165) is 12.1 Å². The lowest BCUT2D eigenvalue weighted by Crippen LogP contribution is -2.32. The number of carbonyl (C=O) groups is 1. The number of hydrogen-bond acceptors (Lipinski definition) is 3. The number of hydrogen-bond donors (Lipinski definition) is 2. The third kappa shape index (κ3) is 2.75. The van der Waals surface area contributed by atoms with Crippen molar-refractivity contribution in [2.75, 3.05) is 18.5 Å². The second kappa shape index (κ2) is 4.61. The van der Waals surface area contributed by atoms with Crippen molar-refractivity contribution in [1.29, 1.82) is 0 Å². The third-order valence-electron chi connectivity index (χ3n) is 3.27. The molecular formula is C13H18N2OS. The zero-order chi connectivity index (χ0) is 12.5. The summed E-state index contributed by atoms with van der Waals surface area (Å²) in [6.07, 6.45) is 4.48. The molecule has 2 rings (SSSR count). The molecular weight excluding hydrogens is 232 g/mol. The van der Waals surface area contributed by atoms with Gasteiger partial charge >= 0.3 is 0 Å². The van der Waals surface area contributed by atoms with Crippen LogP contribution in [0, 0.1) is 6.92 Å². The monoisotopic (exact) mass is 250 g/mol. The van der Waals surface area contributed by atoms with Gasteiger partial charge < -0.3 is 11.1 Å². The van der Waals surface area contributed by atoms with Crippen LogP contribution in [-0.4, -0.2) is 23.5 Å². The number of thioether (sulfide) groups is 1. The Morgan fingerprint density at radius 3 is 2.82 bits per heavy atom. The molecule has 1 aromatic rings. The Balaban J connectivity index is 2.02. The molecule has 1 aliphatic carbocycles. The van der Waals surface area contributed by atoms with Crippen molar-refractivity contribution in [3.63, 3.8) is 0 Å². The minimum absolute atomic E-state index is 0.0634. The summed E-state index contributed by atoms with van der Waals surface area (Å²) in [5, 5.41) is 2.98. The van der Waals surface area contributed by atoms with Crippen LogP contribution in [0.1, 0.15) is 28.8 Å². The molecule has 1 aromatic carbocycles. The van der Waals surface area contributed by atoms with Gasteiger partial charge in [-0.2, -0.15) is 11.8 Å². The molecule has 0 radical (unpaired) electrons.